The van der Waals surface area contributed by atoms with E-state index in [4.69, 9.17) is 5.11 Å². The molecule has 0 fully saturated rings. The van der Waals surface area contributed by atoms with Gasteiger partial charge in [-0.2, -0.15) is 18.3 Å². The van der Waals surface area contributed by atoms with Crippen molar-refractivity contribution in [1.82, 2.24) is 9.78 Å². The van der Waals surface area contributed by atoms with Gasteiger partial charge >= 0.3 is 12.1 Å². The van der Waals surface area contributed by atoms with Gasteiger partial charge < -0.3 is 10.4 Å². The zero-order valence-corrected chi connectivity index (χ0v) is 11.2. The number of amides is 1. The van der Waals surface area contributed by atoms with Crippen LogP contribution in [0.25, 0.3) is 0 Å². The second kappa shape index (κ2) is 5.20. The number of aromatic carboxylic acids is 1. The number of carbonyl (C=O) groups is 2. The maximum atomic E-state index is 12.8. The molecule has 2 N–H and O–H groups in total. The van der Waals surface area contributed by atoms with Gasteiger partial charge in [0, 0.05) is 13.2 Å². The number of aromatic nitrogens is 2. The first-order valence-corrected chi connectivity index (χ1v) is 6.31. The monoisotopic (exact) mass is 319 g/mol. The molecule has 0 unspecified atom stereocenters. The summed E-state index contributed by atoms with van der Waals surface area (Å²) in [5, 5.41) is 15.6. The Morgan fingerprint density at radius 3 is 2.62 bits per heavy atom. The number of carboxylic acids is 1. The Kier molecular flexibility index (Phi) is 3.73. The molecule has 0 bridgehead atoms. The van der Waals surface area contributed by atoms with Crippen LogP contribution < -0.4 is 5.32 Å². The van der Waals surface area contributed by atoms with Crippen molar-refractivity contribution < 1.29 is 27.9 Å². The lowest BCUT2D eigenvalue weighted by atomic mass is 10.2. The molecule has 0 aliphatic heterocycles. The van der Waals surface area contributed by atoms with Gasteiger partial charge in [-0.25, -0.2) is 4.79 Å². The Balaban J connectivity index is 2.33. The molecule has 0 aliphatic rings. The van der Waals surface area contributed by atoms with Crippen LogP contribution in [0.5, 0.6) is 0 Å². The Labute approximate surface area is 119 Å². The molecular formula is C11H8F3N3O3S. The fraction of sp³-hybridized carbons (Fsp3) is 0.182. The lowest BCUT2D eigenvalue weighted by Gasteiger charge is -2.06. The first-order valence-electron chi connectivity index (χ1n) is 5.43. The molecule has 2 rings (SSSR count). The number of hydrogen-bond donors (Lipinski definition) is 2. The highest BCUT2D eigenvalue weighted by molar-refractivity contribution is 7.14. The van der Waals surface area contributed by atoms with E-state index in [-0.39, 0.29) is 10.6 Å². The van der Waals surface area contributed by atoms with Crippen LogP contribution in [0, 0.1) is 0 Å². The number of aryl methyl sites for hydroxylation is 1. The summed E-state index contributed by atoms with van der Waals surface area (Å²) < 4.78 is 39.1. The van der Waals surface area contributed by atoms with E-state index in [2.05, 4.69) is 10.4 Å². The number of anilines is 1. The molecule has 0 aliphatic carbocycles. The lowest BCUT2D eigenvalue weighted by molar-refractivity contribution is -0.141. The molecule has 21 heavy (non-hydrogen) atoms. The standard InChI is InChI=1S/C11H8F3N3O3S/c1-17-4-6(7(16-17)11(12,13)14)8(18)15-9-5(10(19)20)2-3-21-9/h2-4H,1H3,(H,15,18)(H,19,20). The second-order valence-corrected chi connectivity index (χ2v) is 4.90. The normalized spacial score (nSPS) is 11.4. The van der Waals surface area contributed by atoms with Crippen LogP contribution in [-0.4, -0.2) is 26.8 Å². The van der Waals surface area contributed by atoms with E-state index in [9.17, 15) is 22.8 Å². The van der Waals surface area contributed by atoms with Gasteiger partial charge in [0.15, 0.2) is 5.69 Å². The van der Waals surface area contributed by atoms with Crippen molar-refractivity contribution in [2.45, 2.75) is 6.18 Å². The minimum Gasteiger partial charge on any atom is -0.478 e. The molecule has 2 heterocycles. The summed E-state index contributed by atoms with van der Waals surface area (Å²) in [4.78, 5) is 22.8. The summed E-state index contributed by atoms with van der Waals surface area (Å²) in [5.74, 6) is -2.35. The Morgan fingerprint density at radius 2 is 2.05 bits per heavy atom. The van der Waals surface area contributed by atoms with Gasteiger partial charge in [0.1, 0.15) is 5.00 Å². The minimum absolute atomic E-state index is 0.0375. The van der Waals surface area contributed by atoms with Crippen molar-refractivity contribution in [3.63, 3.8) is 0 Å². The summed E-state index contributed by atoms with van der Waals surface area (Å²) in [6.45, 7) is 0. The van der Waals surface area contributed by atoms with Gasteiger partial charge in [-0.3, -0.25) is 9.48 Å². The zero-order chi connectivity index (χ0) is 15.8. The zero-order valence-electron chi connectivity index (χ0n) is 10.4. The topological polar surface area (TPSA) is 84.2 Å². The van der Waals surface area contributed by atoms with Crippen LogP contribution in [0.1, 0.15) is 26.4 Å². The third-order valence-corrected chi connectivity index (χ3v) is 3.29. The fourth-order valence-corrected chi connectivity index (χ4v) is 2.38. The van der Waals surface area contributed by atoms with Crippen molar-refractivity contribution in [1.29, 1.82) is 0 Å². The van der Waals surface area contributed by atoms with Gasteiger partial charge in [0.25, 0.3) is 5.91 Å². The van der Waals surface area contributed by atoms with Crippen LogP contribution in [0.2, 0.25) is 0 Å². The van der Waals surface area contributed by atoms with E-state index in [1.54, 1.807) is 0 Å². The first-order chi connectivity index (χ1) is 9.70. The predicted octanol–water partition coefficient (Wildman–Crippen LogP) is 2.45. The van der Waals surface area contributed by atoms with E-state index < -0.39 is 29.3 Å². The van der Waals surface area contributed by atoms with E-state index in [0.717, 1.165) is 22.2 Å². The SMILES string of the molecule is Cn1cc(C(=O)Nc2sccc2C(=O)O)c(C(F)(F)F)n1. The minimum atomic E-state index is -4.78. The number of halogens is 3. The molecule has 2 aromatic rings. The Hall–Kier alpha value is -2.36. The second-order valence-electron chi connectivity index (χ2n) is 3.99. The summed E-state index contributed by atoms with van der Waals surface area (Å²) in [5.41, 5.74) is -2.18. The van der Waals surface area contributed by atoms with Crippen molar-refractivity contribution in [3.05, 3.63) is 34.5 Å². The van der Waals surface area contributed by atoms with E-state index in [1.807, 2.05) is 0 Å². The number of nitrogens with zero attached hydrogens (tertiary/aromatic N) is 2. The molecule has 2 aromatic heterocycles. The third-order valence-electron chi connectivity index (χ3n) is 2.46. The van der Waals surface area contributed by atoms with Crippen molar-refractivity contribution in [2.75, 3.05) is 5.32 Å². The molecule has 0 spiro atoms. The molecular weight excluding hydrogens is 311 g/mol. The van der Waals surface area contributed by atoms with Crippen molar-refractivity contribution >= 4 is 28.2 Å². The van der Waals surface area contributed by atoms with Crippen molar-refractivity contribution in [2.24, 2.45) is 7.05 Å². The van der Waals surface area contributed by atoms with Gasteiger partial charge in [-0.05, 0) is 11.4 Å². The number of carboxylic acid groups (broad SMARTS) is 1. The average molecular weight is 319 g/mol. The number of thiophene rings is 1. The molecule has 0 atom stereocenters. The average Bonchev–Trinajstić information content (AvgIpc) is 2.94. The Bertz CT molecular complexity index is 705. The highest BCUT2D eigenvalue weighted by atomic mass is 32.1. The summed E-state index contributed by atoms with van der Waals surface area (Å²) >= 11 is 0.900. The molecule has 0 saturated carbocycles. The molecule has 6 nitrogen and oxygen atoms in total. The van der Waals surface area contributed by atoms with Gasteiger partial charge in [0.2, 0.25) is 0 Å². The summed E-state index contributed by atoms with van der Waals surface area (Å²) in [6.07, 6.45) is -3.86. The summed E-state index contributed by atoms with van der Waals surface area (Å²) in [7, 11) is 1.25. The molecule has 10 heteroatoms. The highest BCUT2D eigenvalue weighted by Crippen LogP contribution is 2.31. The van der Waals surface area contributed by atoms with Gasteiger partial charge in [0.05, 0.1) is 11.1 Å². The molecule has 0 saturated heterocycles. The molecule has 0 aromatic carbocycles. The largest absolute Gasteiger partial charge is 0.478 e. The van der Waals surface area contributed by atoms with E-state index in [1.165, 1.54) is 18.5 Å². The van der Waals surface area contributed by atoms with Crippen LogP contribution >= 0.6 is 11.3 Å². The fourth-order valence-electron chi connectivity index (χ4n) is 1.61. The number of nitrogens with one attached hydrogen (secondary N) is 1. The van der Waals surface area contributed by atoms with Gasteiger partial charge in [-0.1, -0.05) is 0 Å². The number of alkyl halides is 3. The van der Waals surface area contributed by atoms with Crippen LogP contribution in [0.4, 0.5) is 18.2 Å². The maximum Gasteiger partial charge on any atom is 0.435 e. The summed E-state index contributed by atoms with van der Waals surface area (Å²) in [6, 6.07) is 1.25. The van der Waals surface area contributed by atoms with Crippen LogP contribution in [0.3, 0.4) is 0 Å². The number of rotatable bonds is 3. The van der Waals surface area contributed by atoms with E-state index >= 15 is 0 Å². The molecule has 0 radical (unpaired) electrons. The maximum absolute atomic E-state index is 12.8. The number of carbonyl (C=O) groups excluding carboxylic acids is 1. The quantitative estimate of drug-likeness (QED) is 0.910. The molecule has 112 valence electrons. The predicted molar refractivity (Wildman–Crippen MR) is 67.4 cm³/mol. The number of hydrogen-bond acceptors (Lipinski definition) is 4. The lowest BCUT2D eigenvalue weighted by Crippen LogP contribution is -2.18. The smallest absolute Gasteiger partial charge is 0.435 e. The first kappa shape index (κ1) is 15.0. The van der Waals surface area contributed by atoms with Crippen LogP contribution in [0.15, 0.2) is 17.6 Å². The van der Waals surface area contributed by atoms with Crippen LogP contribution in [-0.2, 0) is 13.2 Å². The third kappa shape index (κ3) is 3.05. The Morgan fingerprint density at radius 1 is 1.38 bits per heavy atom. The van der Waals surface area contributed by atoms with E-state index in [0.29, 0.717) is 0 Å². The molecule has 1 amide bonds. The van der Waals surface area contributed by atoms with Gasteiger partial charge in [-0.15, -0.1) is 11.3 Å². The van der Waals surface area contributed by atoms with Crippen molar-refractivity contribution in [3.8, 4) is 0 Å². The highest BCUT2D eigenvalue weighted by Gasteiger charge is 2.39.